The number of hydrogen-bond acceptors (Lipinski definition) is 0. The number of rotatable bonds is 2. The molecule has 0 N–H and O–H groups in total. The van der Waals surface area contributed by atoms with Gasteiger partial charge in [-0.15, -0.1) is 0 Å². The molecule has 3 aromatic carbocycles. The second kappa shape index (κ2) is 12.9. The molecule has 0 radical (unpaired) electrons. The van der Waals surface area contributed by atoms with E-state index in [9.17, 15) is 0 Å². The van der Waals surface area contributed by atoms with Crippen molar-refractivity contribution in [2.24, 2.45) is 0 Å². The highest BCUT2D eigenvalue weighted by molar-refractivity contribution is 9.11. The van der Waals surface area contributed by atoms with Crippen molar-refractivity contribution in [2.75, 3.05) is 0 Å². The minimum Gasteiger partial charge on any atom is -0.0683 e. The standard InChI is InChI=1S/C30H34Br2Si.C14H15Br/c1-17-13-23-19-9-5-7-11-21(19)27(31)15-25(23)29(17)33(3,4)30-18(2)14-24-20-10-6-8-12-22(20)28(32)16-26(24)30;1-9-6-10-8-14(15)12-5-3-2-4-11(12)13(10)7-9/h13-16,29-30H,5-12H2,1-4H3;6,8H,2-5,7H2,1H3. The molecule has 2 unspecified atom stereocenters. The Labute approximate surface area is 315 Å². The van der Waals surface area contributed by atoms with Gasteiger partial charge in [0.25, 0.3) is 0 Å². The molecule has 0 aromatic heterocycles. The van der Waals surface area contributed by atoms with E-state index < -0.39 is 8.07 Å². The van der Waals surface area contributed by atoms with Crippen LogP contribution in [0.15, 0.2) is 48.3 Å². The quantitative estimate of drug-likeness (QED) is 0.226. The van der Waals surface area contributed by atoms with Crippen molar-refractivity contribution in [3.8, 4) is 0 Å². The molecule has 48 heavy (non-hydrogen) atoms. The van der Waals surface area contributed by atoms with E-state index in [0.717, 1.165) is 0 Å². The first-order valence-corrected chi connectivity index (χ1v) is 24.1. The molecular weight excluding hydrogens is 796 g/mol. The van der Waals surface area contributed by atoms with Gasteiger partial charge in [-0.05, 0) is 189 Å². The minimum atomic E-state index is -1.78. The van der Waals surface area contributed by atoms with Crippen molar-refractivity contribution < 1.29 is 0 Å². The molecule has 0 heterocycles. The zero-order chi connectivity index (χ0) is 33.5. The van der Waals surface area contributed by atoms with Crippen LogP contribution < -0.4 is 0 Å². The third-order valence-corrected chi connectivity index (χ3v) is 19.4. The van der Waals surface area contributed by atoms with Gasteiger partial charge in [-0.25, -0.2) is 0 Å². The van der Waals surface area contributed by atoms with Crippen LogP contribution in [0.4, 0.5) is 0 Å². The smallest absolute Gasteiger partial charge is 0.0683 e. The Hall–Kier alpha value is -1.46. The normalized spacial score (nSPS) is 21.9. The first-order chi connectivity index (χ1) is 23.0. The van der Waals surface area contributed by atoms with Gasteiger partial charge in [0, 0.05) is 24.5 Å². The van der Waals surface area contributed by atoms with E-state index >= 15 is 0 Å². The molecule has 0 bridgehead atoms. The molecule has 0 nitrogen and oxygen atoms in total. The van der Waals surface area contributed by atoms with Crippen LogP contribution in [0.2, 0.25) is 13.1 Å². The number of benzene rings is 3. The van der Waals surface area contributed by atoms with Crippen LogP contribution in [0.1, 0.15) is 137 Å². The summed E-state index contributed by atoms with van der Waals surface area (Å²) < 4.78 is 4.07. The minimum absolute atomic E-state index is 0.588. The fraction of sp³-hybridized carbons (Fsp3) is 0.455. The Balaban J connectivity index is 0.000000186. The molecule has 0 spiro atoms. The van der Waals surface area contributed by atoms with Crippen LogP contribution in [-0.4, -0.2) is 8.07 Å². The van der Waals surface area contributed by atoms with E-state index in [-0.39, 0.29) is 0 Å². The van der Waals surface area contributed by atoms with Crippen LogP contribution in [0.3, 0.4) is 0 Å². The van der Waals surface area contributed by atoms with Gasteiger partial charge in [0.2, 0.25) is 0 Å². The van der Waals surface area contributed by atoms with E-state index in [4.69, 9.17) is 0 Å². The maximum absolute atomic E-state index is 4.00. The van der Waals surface area contributed by atoms with Crippen LogP contribution in [-0.2, 0) is 44.9 Å². The van der Waals surface area contributed by atoms with E-state index in [2.05, 4.69) is 118 Å². The number of halogens is 3. The summed E-state index contributed by atoms with van der Waals surface area (Å²) in [6.45, 7) is 12.4. The summed E-state index contributed by atoms with van der Waals surface area (Å²) in [5, 5.41) is 0. The summed E-state index contributed by atoms with van der Waals surface area (Å²) >= 11 is 11.7. The SMILES string of the molecule is CC1=Cc2c(cc(Br)c3c2CCCC3)C1[Si](C)(C)C1C(C)=Cc2c1cc(Br)c1c2CCCC1.CC1=Cc2cc(Br)c3c(c2C1)CCCC3. The molecule has 6 aliphatic carbocycles. The molecule has 2 atom stereocenters. The second-order valence-electron chi connectivity index (χ2n) is 16.3. The summed E-state index contributed by atoms with van der Waals surface area (Å²) in [6, 6.07) is 7.35. The van der Waals surface area contributed by atoms with E-state index in [1.54, 1.807) is 72.3 Å². The fourth-order valence-electron chi connectivity index (χ4n) is 10.9. The molecule has 6 aliphatic rings. The van der Waals surface area contributed by atoms with Gasteiger partial charge >= 0.3 is 0 Å². The molecule has 3 aromatic rings. The summed E-state index contributed by atoms with van der Waals surface area (Å²) in [5.41, 5.74) is 25.1. The largest absolute Gasteiger partial charge is 0.0722 e. The molecule has 250 valence electrons. The molecule has 4 heteroatoms. The van der Waals surface area contributed by atoms with Crippen LogP contribution in [0.5, 0.6) is 0 Å². The highest BCUT2D eigenvalue weighted by Gasteiger charge is 2.48. The lowest BCUT2D eigenvalue weighted by atomic mass is 9.86. The molecule has 9 rings (SSSR count). The van der Waals surface area contributed by atoms with Crippen LogP contribution in [0.25, 0.3) is 18.2 Å². The monoisotopic (exact) mass is 842 g/mol. The number of hydrogen-bond donors (Lipinski definition) is 0. The molecule has 0 saturated carbocycles. The Morgan fingerprint density at radius 2 is 0.896 bits per heavy atom. The third kappa shape index (κ3) is 5.53. The van der Waals surface area contributed by atoms with Gasteiger partial charge in [0.15, 0.2) is 0 Å². The predicted octanol–water partition coefficient (Wildman–Crippen LogP) is 13.7. The maximum atomic E-state index is 4.00. The summed E-state index contributed by atoms with van der Waals surface area (Å²) in [7, 11) is -1.78. The van der Waals surface area contributed by atoms with Crippen LogP contribution in [0, 0.1) is 0 Å². The zero-order valence-corrected chi connectivity index (χ0v) is 35.2. The fourth-order valence-corrected chi connectivity index (χ4v) is 17.9. The first-order valence-electron chi connectivity index (χ1n) is 18.6. The highest BCUT2D eigenvalue weighted by atomic mass is 79.9. The van der Waals surface area contributed by atoms with Crippen molar-refractivity contribution in [2.45, 2.75) is 128 Å². The lowest BCUT2D eigenvalue weighted by molar-refractivity contribution is 0.677. The maximum Gasteiger partial charge on any atom is 0.0722 e. The molecule has 0 fully saturated rings. The summed E-state index contributed by atoms with van der Waals surface area (Å²) in [4.78, 5) is 0. The van der Waals surface area contributed by atoms with Crippen molar-refractivity contribution >= 4 is 74.1 Å². The highest BCUT2D eigenvalue weighted by Crippen LogP contribution is 2.55. The van der Waals surface area contributed by atoms with Crippen molar-refractivity contribution in [3.63, 3.8) is 0 Å². The van der Waals surface area contributed by atoms with Crippen LogP contribution >= 0.6 is 47.8 Å². The Kier molecular flexibility index (Phi) is 9.08. The van der Waals surface area contributed by atoms with Gasteiger partial charge in [-0.2, -0.15) is 0 Å². The van der Waals surface area contributed by atoms with Crippen molar-refractivity contribution in [1.29, 1.82) is 0 Å². The lowest BCUT2D eigenvalue weighted by Gasteiger charge is -2.39. The first kappa shape index (κ1) is 33.7. The second-order valence-corrected chi connectivity index (χ2v) is 23.6. The lowest BCUT2D eigenvalue weighted by Crippen LogP contribution is -2.42. The summed E-state index contributed by atoms with van der Waals surface area (Å²) in [6.07, 6.45) is 24.3. The topological polar surface area (TPSA) is 0 Å². The van der Waals surface area contributed by atoms with Crippen molar-refractivity contribution in [1.82, 2.24) is 0 Å². The predicted molar refractivity (Wildman–Crippen MR) is 220 cm³/mol. The van der Waals surface area contributed by atoms with Gasteiger partial charge < -0.3 is 0 Å². The molecule has 0 saturated heterocycles. The molecule has 0 aliphatic heterocycles. The molecular formula is C44H49Br3Si. The van der Waals surface area contributed by atoms with Gasteiger partial charge in [0.1, 0.15) is 0 Å². The average Bonchev–Trinajstić information content (AvgIpc) is 3.73. The number of fused-ring (bicyclic) bond motifs is 9. The van der Waals surface area contributed by atoms with E-state index in [1.807, 2.05) is 0 Å². The van der Waals surface area contributed by atoms with E-state index in [0.29, 0.717) is 11.1 Å². The number of allylic oxidation sites excluding steroid dienone is 3. The van der Waals surface area contributed by atoms with E-state index in [1.165, 1.54) is 108 Å². The van der Waals surface area contributed by atoms with Crippen molar-refractivity contribution in [3.05, 3.63) is 115 Å². The molecule has 0 amide bonds. The Morgan fingerprint density at radius 1 is 0.500 bits per heavy atom. The Morgan fingerprint density at radius 3 is 1.38 bits per heavy atom. The Bertz CT molecular complexity index is 1860. The average molecular weight is 846 g/mol. The van der Waals surface area contributed by atoms with Gasteiger partial charge in [-0.1, -0.05) is 95.8 Å². The third-order valence-electron chi connectivity index (χ3n) is 12.7. The summed E-state index contributed by atoms with van der Waals surface area (Å²) in [5.74, 6) is 0. The van der Waals surface area contributed by atoms with Gasteiger partial charge in [0.05, 0.1) is 8.07 Å². The zero-order valence-electron chi connectivity index (χ0n) is 29.4. The van der Waals surface area contributed by atoms with Gasteiger partial charge in [-0.3, -0.25) is 0 Å².